The van der Waals surface area contributed by atoms with Gasteiger partial charge in [0.1, 0.15) is 7.05 Å². The molecule has 0 saturated carbocycles. The summed E-state index contributed by atoms with van der Waals surface area (Å²) in [6, 6.07) is 4.17. The monoisotopic (exact) mass is 290 g/mol. The Bertz CT molecular complexity index is 265. The third-order valence-corrected chi connectivity index (χ3v) is 1.57. The highest BCUT2D eigenvalue weighted by molar-refractivity contribution is 5.46. The van der Waals surface area contributed by atoms with Crippen LogP contribution >= 0.6 is 0 Å². The zero-order valence-electron chi connectivity index (χ0n) is 8.24. The molecule has 1 aromatic rings. The summed E-state index contributed by atoms with van der Waals surface area (Å²) in [6.45, 7) is 0. The van der Waals surface area contributed by atoms with Gasteiger partial charge in [-0.05, 0) is 17.8 Å². The lowest BCUT2D eigenvalue weighted by Gasteiger charge is -2.02. The Balaban J connectivity index is 0.00000144. The first-order chi connectivity index (χ1) is 5.68. The summed E-state index contributed by atoms with van der Waals surface area (Å²) in [5.74, 6) is 0. The molecule has 0 spiro atoms. The highest BCUT2D eigenvalue weighted by Crippen LogP contribution is 1.97. The number of rotatable bonds is 2. The number of halogens is 1. The van der Waals surface area contributed by atoms with Crippen molar-refractivity contribution in [2.24, 2.45) is 7.05 Å². The van der Waals surface area contributed by atoms with E-state index in [0.29, 0.717) is 0 Å². The van der Waals surface area contributed by atoms with Crippen molar-refractivity contribution < 1.29 is 28.5 Å². The number of aromatic nitrogens is 1. The van der Waals surface area contributed by atoms with Gasteiger partial charge in [-0.2, -0.15) is 0 Å². The van der Waals surface area contributed by atoms with Gasteiger partial charge >= 0.3 is 0 Å². The first-order valence-electron chi connectivity index (χ1n) is 3.98. The summed E-state index contributed by atoms with van der Waals surface area (Å²) in [4.78, 5) is 2.02. The molecule has 0 aliphatic heterocycles. The standard InChI is InChI=1S/C10H15N2.HI/c1-11(2)7-4-10-5-8-12(3)9-6-10;/h4-9H,1-3H3;1H/q+1;/p-1. The van der Waals surface area contributed by atoms with Crippen LogP contribution in [0.3, 0.4) is 0 Å². The smallest absolute Gasteiger partial charge is 0.169 e. The fourth-order valence-electron chi connectivity index (χ4n) is 0.859. The fourth-order valence-corrected chi connectivity index (χ4v) is 0.859. The summed E-state index contributed by atoms with van der Waals surface area (Å²) in [7, 11) is 6.04. The molecule has 0 N–H and O–H groups in total. The van der Waals surface area contributed by atoms with Gasteiger partial charge in [0.25, 0.3) is 0 Å². The van der Waals surface area contributed by atoms with Gasteiger partial charge in [0.05, 0.1) is 0 Å². The third-order valence-electron chi connectivity index (χ3n) is 1.57. The van der Waals surface area contributed by atoms with E-state index in [2.05, 4.69) is 18.2 Å². The van der Waals surface area contributed by atoms with Crippen molar-refractivity contribution in [2.75, 3.05) is 14.1 Å². The predicted octanol–water partition coefficient (Wildman–Crippen LogP) is -1.95. The normalized spacial score (nSPS) is 9.77. The molecule has 2 nitrogen and oxygen atoms in total. The van der Waals surface area contributed by atoms with Gasteiger partial charge in [0, 0.05) is 26.2 Å². The molecule has 1 aromatic heterocycles. The van der Waals surface area contributed by atoms with Crippen LogP contribution in [0.2, 0.25) is 0 Å². The molecule has 1 rings (SSSR count). The van der Waals surface area contributed by atoms with Gasteiger partial charge in [0.2, 0.25) is 0 Å². The van der Waals surface area contributed by atoms with Gasteiger partial charge in [0.15, 0.2) is 12.4 Å². The van der Waals surface area contributed by atoms with Crippen LogP contribution in [-0.4, -0.2) is 19.0 Å². The Hall–Kier alpha value is -0.580. The van der Waals surface area contributed by atoms with Crippen molar-refractivity contribution in [1.29, 1.82) is 0 Å². The van der Waals surface area contributed by atoms with Crippen LogP contribution < -0.4 is 28.5 Å². The highest BCUT2D eigenvalue weighted by atomic mass is 127. The van der Waals surface area contributed by atoms with Crippen LogP contribution in [0.1, 0.15) is 5.56 Å². The molecule has 0 unspecified atom stereocenters. The molecule has 0 aromatic carbocycles. The first-order valence-corrected chi connectivity index (χ1v) is 3.98. The van der Waals surface area contributed by atoms with E-state index >= 15 is 0 Å². The Morgan fingerprint density at radius 2 is 1.77 bits per heavy atom. The molecule has 1 heterocycles. The summed E-state index contributed by atoms with van der Waals surface area (Å²) >= 11 is 0. The Kier molecular flexibility index (Phi) is 5.70. The maximum absolute atomic E-state index is 2.08. The van der Waals surface area contributed by atoms with Crippen LogP contribution in [0.25, 0.3) is 6.08 Å². The molecular formula is C10H15IN2. The molecular weight excluding hydrogens is 275 g/mol. The summed E-state index contributed by atoms with van der Waals surface area (Å²) in [6.07, 6.45) is 8.19. The van der Waals surface area contributed by atoms with Crippen molar-refractivity contribution in [1.82, 2.24) is 4.90 Å². The lowest BCUT2D eigenvalue weighted by atomic mass is 10.2. The molecule has 3 heteroatoms. The molecule has 0 atom stereocenters. The quantitative estimate of drug-likeness (QED) is 0.453. The van der Waals surface area contributed by atoms with Crippen molar-refractivity contribution in [3.05, 3.63) is 36.3 Å². The maximum atomic E-state index is 2.08. The summed E-state index contributed by atoms with van der Waals surface area (Å²) < 4.78 is 2.02. The van der Waals surface area contributed by atoms with Crippen molar-refractivity contribution in [3.8, 4) is 0 Å². The average molecular weight is 290 g/mol. The second kappa shape index (κ2) is 5.96. The Morgan fingerprint density at radius 1 is 1.23 bits per heavy atom. The van der Waals surface area contributed by atoms with Gasteiger partial charge in [-0.25, -0.2) is 4.57 Å². The minimum Gasteiger partial charge on any atom is -1.00 e. The molecule has 13 heavy (non-hydrogen) atoms. The fraction of sp³-hybridized carbons (Fsp3) is 0.300. The van der Waals surface area contributed by atoms with E-state index < -0.39 is 0 Å². The predicted molar refractivity (Wildman–Crippen MR) is 50.3 cm³/mol. The number of nitrogens with zero attached hydrogens (tertiary/aromatic N) is 2. The molecule has 0 aliphatic carbocycles. The lowest BCUT2D eigenvalue weighted by molar-refractivity contribution is -0.671. The van der Waals surface area contributed by atoms with E-state index in [9.17, 15) is 0 Å². The summed E-state index contributed by atoms with van der Waals surface area (Å²) in [5, 5.41) is 0. The van der Waals surface area contributed by atoms with Crippen LogP contribution in [0.15, 0.2) is 30.7 Å². The third kappa shape index (κ3) is 4.87. The zero-order chi connectivity index (χ0) is 8.97. The van der Waals surface area contributed by atoms with E-state index in [1.165, 1.54) is 5.56 Å². The lowest BCUT2D eigenvalue weighted by Crippen LogP contribution is -3.00. The molecule has 0 fully saturated rings. The molecule has 0 saturated heterocycles. The number of hydrogen-bond acceptors (Lipinski definition) is 1. The van der Waals surface area contributed by atoms with Gasteiger partial charge in [-0.3, -0.25) is 0 Å². The molecule has 0 aliphatic rings. The SMILES string of the molecule is CN(C)/C=C/c1cc[n+](C)cc1.[I-]. The molecule has 72 valence electrons. The second-order valence-electron chi connectivity index (χ2n) is 3.08. The zero-order valence-corrected chi connectivity index (χ0v) is 10.4. The van der Waals surface area contributed by atoms with E-state index in [-0.39, 0.29) is 24.0 Å². The minimum atomic E-state index is 0. The topological polar surface area (TPSA) is 7.12 Å². The Morgan fingerprint density at radius 3 is 2.23 bits per heavy atom. The van der Waals surface area contributed by atoms with E-state index in [1.807, 2.05) is 49.2 Å². The molecule has 0 bridgehead atoms. The van der Waals surface area contributed by atoms with Crippen molar-refractivity contribution in [2.45, 2.75) is 0 Å². The summed E-state index contributed by atoms with van der Waals surface area (Å²) in [5.41, 5.74) is 1.22. The van der Waals surface area contributed by atoms with Crippen LogP contribution in [0.5, 0.6) is 0 Å². The van der Waals surface area contributed by atoms with E-state index in [1.54, 1.807) is 0 Å². The Labute approximate surface area is 96.9 Å². The van der Waals surface area contributed by atoms with Crippen LogP contribution in [0.4, 0.5) is 0 Å². The molecule has 0 amide bonds. The van der Waals surface area contributed by atoms with Crippen LogP contribution in [0, 0.1) is 0 Å². The largest absolute Gasteiger partial charge is 1.00 e. The van der Waals surface area contributed by atoms with Crippen LogP contribution in [-0.2, 0) is 7.05 Å². The van der Waals surface area contributed by atoms with Gasteiger partial charge in [-0.15, -0.1) is 0 Å². The molecule has 0 radical (unpaired) electrons. The average Bonchev–Trinajstić information content (AvgIpc) is 2.03. The number of aryl methyl sites for hydroxylation is 1. The minimum absolute atomic E-state index is 0. The van der Waals surface area contributed by atoms with Gasteiger partial charge in [-0.1, -0.05) is 0 Å². The maximum Gasteiger partial charge on any atom is 0.169 e. The second-order valence-corrected chi connectivity index (χ2v) is 3.08. The first kappa shape index (κ1) is 12.4. The highest BCUT2D eigenvalue weighted by Gasteiger charge is 1.90. The van der Waals surface area contributed by atoms with Crippen molar-refractivity contribution >= 4 is 6.08 Å². The van der Waals surface area contributed by atoms with Gasteiger partial charge < -0.3 is 28.9 Å². The van der Waals surface area contributed by atoms with Crippen molar-refractivity contribution in [3.63, 3.8) is 0 Å². The van der Waals surface area contributed by atoms with E-state index in [0.717, 1.165) is 0 Å². The van der Waals surface area contributed by atoms with E-state index in [4.69, 9.17) is 0 Å². The number of pyridine rings is 1. The number of hydrogen-bond donors (Lipinski definition) is 0.